The van der Waals surface area contributed by atoms with E-state index < -0.39 is 11.0 Å². The van der Waals surface area contributed by atoms with Crippen LogP contribution in [0.5, 0.6) is 5.75 Å². The third kappa shape index (κ3) is 5.86. The van der Waals surface area contributed by atoms with Gasteiger partial charge in [0, 0.05) is 31.9 Å². The minimum Gasteiger partial charge on any atom is -0.410 e. The van der Waals surface area contributed by atoms with Crippen molar-refractivity contribution >= 4 is 11.8 Å². The van der Waals surface area contributed by atoms with Crippen LogP contribution in [0.25, 0.3) is 0 Å². The average Bonchev–Trinajstić information content (AvgIpc) is 2.54. The molecule has 2 atom stereocenters. The van der Waals surface area contributed by atoms with Crippen molar-refractivity contribution in [1.29, 1.82) is 0 Å². The monoisotopic (exact) mass is 322 g/mol. The van der Waals surface area contributed by atoms with Crippen LogP contribution in [0.1, 0.15) is 26.2 Å². The molecule has 1 aliphatic heterocycles. The van der Waals surface area contributed by atoms with Crippen LogP contribution in [0.2, 0.25) is 0 Å². The van der Waals surface area contributed by atoms with Crippen LogP contribution in [0.15, 0.2) is 24.3 Å². The molecule has 1 aromatic carbocycles. The van der Waals surface area contributed by atoms with Crippen molar-refractivity contribution in [2.45, 2.75) is 26.2 Å². The molecule has 1 aliphatic rings. The molecule has 1 saturated heterocycles. The summed E-state index contributed by atoms with van der Waals surface area (Å²) >= 11 is 0. The average molecular weight is 322 g/mol. The molecule has 7 nitrogen and oxygen atoms in total. The van der Waals surface area contributed by atoms with Crippen LogP contribution in [0, 0.1) is 22.0 Å². The quantitative estimate of drug-likeness (QED) is 0.642. The van der Waals surface area contributed by atoms with Gasteiger partial charge in [0.25, 0.3) is 5.69 Å². The number of nitro groups is 1. The van der Waals surface area contributed by atoms with Crippen molar-refractivity contribution in [3.05, 3.63) is 34.4 Å². The van der Waals surface area contributed by atoms with Crippen LogP contribution in [-0.2, 0) is 4.74 Å². The maximum atomic E-state index is 11.7. The van der Waals surface area contributed by atoms with E-state index in [4.69, 9.17) is 9.47 Å². The summed E-state index contributed by atoms with van der Waals surface area (Å²) in [5.41, 5.74) is -0.0407. The van der Waals surface area contributed by atoms with E-state index in [-0.39, 0.29) is 11.4 Å². The summed E-state index contributed by atoms with van der Waals surface area (Å²) < 4.78 is 10.5. The fourth-order valence-corrected chi connectivity index (χ4v) is 2.68. The van der Waals surface area contributed by atoms with E-state index >= 15 is 0 Å². The van der Waals surface area contributed by atoms with Gasteiger partial charge in [0.05, 0.1) is 4.92 Å². The molecule has 0 saturated carbocycles. The minimum absolute atomic E-state index is 0.0407. The van der Waals surface area contributed by atoms with Gasteiger partial charge in [0.2, 0.25) is 0 Å². The summed E-state index contributed by atoms with van der Waals surface area (Å²) in [5, 5.41) is 13.3. The number of hydrogen-bond acceptors (Lipinski definition) is 5. The molecule has 7 heteroatoms. The van der Waals surface area contributed by atoms with E-state index in [2.05, 4.69) is 12.2 Å². The predicted octanol–water partition coefficient (Wildman–Crippen LogP) is 3.14. The summed E-state index contributed by atoms with van der Waals surface area (Å²) in [6.45, 7) is 4.27. The number of hydrogen-bond donors (Lipinski definition) is 1. The van der Waals surface area contributed by atoms with Gasteiger partial charge in [-0.2, -0.15) is 0 Å². The molecule has 126 valence electrons. The summed E-state index contributed by atoms with van der Waals surface area (Å²) in [4.78, 5) is 21.8. The Bertz CT molecular complexity index is 526. The van der Waals surface area contributed by atoms with Crippen molar-refractivity contribution in [3.8, 4) is 5.75 Å². The van der Waals surface area contributed by atoms with E-state index in [0.29, 0.717) is 18.4 Å². The fourth-order valence-electron chi connectivity index (χ4n) is 2.68. The topological polar surface area (TPSA) is 90.7 Å². The number of nitro benzene ring substituents is 1. The molecule has 2 rings (SSSR count). The number of non-ortho nitro benzene ring substituents is 1. The Labute approximate surface area is 135 Å². The molecule has 0 radical (unpaired) electrons. The van der Waals surface area contributed by atoms with Gasteiger partial charge >= 0.3 is 6.09 Å². The number of benzene rings is 1. The molecular weight excluding hydrogens is 300 g/mol. The lowest BCUT2D eigenvalue weighted by Gasteiger charge is -2.24. The summed E-state index contributed by atoms with van der Waals surface area (Å²) in [7, 11) is 0. The first kappa shape index (κ1) is 17.2. The van der Waals surface area contributed by atoms with Gasteiger partial charge < -0.3 is 14.8 Å². The van der Waals surface area contributed by atoms with Crippen LogP contribution >= 0.6 is 0 Å². The molecule has 1 N–H and O–H groups in total. The molecular formula is C16H22N2O5. The zero-order valence-electron chi connectivity index (χ0n) is 13.2. The maximum Gasteiger partial charge on any atom is 0.412 e. The number of carbonyl (C=O) groups is 1. The van der Waals surface area contributed by atoms with Crippen LogP contribution in [0.3, 0.4) is 0 Å². The molecule has 0 aromatic heterocycles. The zero-order valence-corrected chi connectivity index (χ0v) is 13.2. The number of ether oxygens (including phenoxy) is 2. The van der Waals surface area contributed by atoms with Crippen molar-refractivity contribution in [1.82, 2.24) is 5.32 Å². The largest absolute Gasteiger partial charge is 0.412 e. The standard InChI is InChI=1S/C16H22N2O5/c1-12(9-13-3-2-8-22-11-13)10-17-16(19)23-15-6-4-14(5-7-15)18(20)21/h4-7,12-13H,2-3,8-11H2,1H3,(H,17,19). The highest BCUT2D eigenvalue weighted by atomic mass is 16.6. The molecule has 0 aliphatic carbocycles. The number of nitrogens with one attached hydrogen (secondary N) is 1. The lowest BCUT2D eigenvalue weighted by atomic mass is 9.91. The third-order valence-corrected chi connectivity index (χ3v) is 3.84. The number of rotatable bonds is 6. The Morgan fingerprint density at radius 2 is 2.22 bits per heavy atom. The fraction of sp³-hybridized carbons (Fsp3) is 0.562. The highest BCUT2D eigenvalue weighted by Crippen LogP contribution is 2.21. The molecule has 1 heterocycles. The van der Waals surface area contributed by atoms with Gasteiger partial charge in [-0.15, -0.1) is 0 Å². The first-order chi connectivity index (χ1) is 11.0. The molecule has 1 aromatic rings. The van der Waals surface area contributed by atoms with E-state index in [1.165, 1.54) is 30.7 Å². The highest BCUT2D eigenvalue weighted by molar-refractivity contribution is 5.70. The Kier molecular flexibility index (Phi) is 6.34. The summed E-state index contributed by atoms with van der Waals surface area (Å²) in [6.07, 6.45) is 2.74. The second-order valence-corrected chi connectivity index (χ2v) is 5.95. The minimum atomic E-state index is -0.550. The summed E-state index contributed by atoms with van der Waals surface area (Å²) in [6, 6.07) is 5.41. The summed E-state index contributed by atoms with van der Waals surface area (Å²) in [5.74, 6) is 1.18. The molecule has 0 bridgehead atoms. The van der Waals surface area contributed by atoms with Crippen LogP contribution in [-0.4, -0.2) is 30.8 Å². The second kappa shape index (κ2) is 8.47. The molecule has 1 fully saturated rings. The molecule has 0 spiro atoms. The van der Waals surface area contributed by atoms with Gasteiger partial charge in [0.15, 0.2) is 0 Å². The second-order valence-electron chi connectivity index (χ2n) is 5.95. The zero-order chi connectivity index (χ0) is 16.7. The van der Waals surface area contributed by atoms with Crippen molar-refractivity contribution < 1.29 is 19.2 Å². The van der Waals surface area contributed by atoms with Crippen molar-refractivity contribution in [2.24, 2.45) is 11.8 Å². The van der Waals surface area contributed by atoms with E-state index in [1.54, 1.807) is 0 Å². The first-order valence-electron chi connectivity index (χ1n) is 7.82. The Morgan fingerprint density at radius 1 is 1.48 bits per heavy atom. The Hall–Kier alpha value is -2.15. The predicted molar refractivity (Wildman–Crippen MR) is 84.4 cm³/mol. The van der Waals surface area contributed by atoms with Crippen molar-refractivity contribution in [2.75, 3.05) is 19.8 Å². The normalized spacial score (nSPS) is 18.9. The van der Waals surface area contributed by atoms with Crippen LogP contribution in [0.4, 0.5) is 10.5 Å². The van der Waals surface area contributed by atoms with Gasteiger partial charge in [-0.3, -0.25) is 10.1 Å². The molecule has 2 unspecified atom stereocenters. The Balaban J connectivity index is 1.70. The number of carbonyl (C=O) groups excluding carboxylic acids is 1. The maximum absolute atomic E-state index is 11.7. The molecule has 23 heavy (non-hydrogen) atoms. The lowest BCUT2D eigenvalue weighted by molar-refractivity contribution is -0.384. The number of amides is 1. The van der Waals surface area contributed by atoms with Gasteiger partial charge in [0.1, 0.15) is 5.75 Å². The van der Waals surface area contributed by atoms with E-state index in [1.807, 2.05) is 0 Å². The van der Waals surface area contributed by atoms with Gasteiger partial charge in [-0.25, -0.2) is 4.79 Å². The Morgan fingerprint density at radius 3 is 2.83 bits per heavy atom. The first-order valence-corrected chi connectivity index (χ1v) is 7.82. The van der Waals surface area contributed by atoms with Gasteiger partial charge in [-0.1, -0.05) is 6.92 Å². The van der Waals surface area contributed by atoms with Gasteiger partial charge in [-0.05, 0) is 43.2 Å². The molecule has 1 amide bonds. The van der Waals surface area contributed by atoms with E-state index in [0.717, 1.165) is 26.1 Å². The van der Waals surface area contributed by atoms with Crippen molar-refractivity contribution in [3.63, 3.8) is 0 Å². The highest BCUT2D eigenvalue weighted by Gasteiger charge is 2.17. The lowest BCUT2D eigenvalue weighted by Crippen LogP contribution is -2.32. The SMILES string of the molecule is CC(CNC(=O)Oc1ccc([N+](=O)[O-])cc1)CC1CCCOC1. The van der Waals surface area contributed by atoms with Crippen LogP contribution < -0.4 is 10.1 Å². The smallest absolute Gasteiger partial charge is 0.410 e. The third-order valence-electron chi connectivity index (χ3n) is 3.84. The van der Waals surface area contributed by atoms with E-state index in [9.17, 15) is 14.9 Å². The number of nitrogens with zero attached hydrogens (tertiary/aromatic N) is 1.